The van der Waals surface area contributed by atoms with Crippen LogP contribution < -0.4 is 0 Å². The topological polar surface area (TPSA) is 17.1 Å². The molecule has 126 valence electrons. The monoisotopic (exact) mass is 296 g/mol. The highest BCUT2D eigenvalue weighted by atomic mass is 16.1. The maximum atomic E-state index is 11.7. The zero-order valence-electron chi connectivity index (χ0n) is 15.1. The molecular formula is C20H40O. The molecule has 0 aliphatic heterocycles. The standard InChI is InChI=1S/C20H40O/c1-4-7-10-11-12-13-14-15-18-20(19-21,16-8-5-2)17-9-6-3/h19H,4-18H2,1-3H3. The van der Waals surface area contributed by atoms with Crippen LogP contribution in [0, 0.1) is 5.41 Å². The van der Waals surface area contributed by atoms with Crippen molar-refractivity contribution in [1.29, 1.82) is 0 Å². The summed E-state index contributed by atoms with van der Waals surface area (Å²) in [6.07, 6.45) is 20.3. The first-order chi connectivity index (χ1) is 10.2. The lowest BCUT2D eigenvalue weighted by atomic mass is 9.75. The van der Waals surface area contributed by atoms with E-state index in [1.54, 1.807) is 0 Å². The van der Waals surface area contributed by atoms with Crippen molar-refractivity contribution in [1.82, 2.24) is 0 Å². The Kier molecular flexibility index (Phi) is 14.4. The van der Waals surface area contributed by atoms with E-state index in [1.807, 2.05) is 0 Å². The quantitative estimate of drug-likeness (QED) is 0.219. The fourth-order valence-corrected chi connectivity index (χ4v) is 3.22. The van der Waals surface area contributed by atoms with Gasteiger partial charge in [-0.1, -0.05) is 97.8 Å². The Balaban J connectivity index is 3.90. The third kappa shape index (κ3) is 11.0. The summed E-state index contributed by atoms with van der Waals surface area (Å²) in [6.45, 7) is 6.73. The normalized spacial score (nSPS) is 11.8. The maximum Gasteiger partial charge on any atom is 0.126 e. The van der Waals surface area contributed by atoms with Gasteiger partial charge in [-0.25, -0.2) is 0 Å². The molecule has 0 unspecified atom stereocenters. The largest absolute Gasteiger partial charge is 0.303 e. The molecule has 0 aromatic rings. The van der Waals surface area contributed by atoms with Gasteiger partial charge < -0.3 is 4.79 Å². The lowest BCUT2D eigenvalue weighted by Gasteiger charge is -2.28. The average Bonchev–Trinajstić information content (AvgIpc) is 2.52. The van der Waals surface area contributed by atoms with Gasteiger partial charge in [0.05, 0.1) is 0 Å². The molecule has 1 nitrogen and oxygen atoms in total. The van der Waals surface area contributed by atoms with Crippen molar-refractivity contribution >= 4 is 6.29 Å². The highest BCUT2D eigenvalue weighted by Gasteiger charge is 2.27. The van der Waals surface area contributed by atoms with Crippen molar-refractivity contribution < 1.29 is 4.79 Å². The van der Waals surface area contributed by atoms with Crippen LogP contribution in [0.3, 0.4) is 0 Å². The van der Waals surface area contributed by atoms with Crippen LogP contribution in [-0.2, 0) is 4.79 Å². The third-order valence-electron chi connectivity index (χ3n) is 4.83. The summed E-state index contributed by atoms with van der Waals surface area (Å²) >= 11 is 0. The molecule has 0 radical (unpaired) electrons. The Labute approximate surface area is 134 Å². The van der Waals surface area contributed by atoms with Gasteiger partial charge in [0.2, 0.25) is 0 Å². The van der Waals surface area contributed by atoms with E-state index in [1.165, 1.54) is 83.3 Å². The molecule has 0 aromatic carbocycles. The van der Waals surface area contributed by atoms with E-state index in [9.17, 15) is 4.79 Å². The van der Waals surface area contributed by atoms with Crippen LogP contribution in [0.1, 0.15) is 117 Å². The molecule has 0 fully saturated rings. The van der Waals surface area contributed by atoms with Gasteiger partial charge in [-0.05, 0) is 19.3 Å². The van der Waals surface area contributed by atoms with Crippen LogP contribution in [0.2, 0.25) is 0 Å². The fraction of sp³-hybridized carbons (Fsp3) is 0.950. The molecular weight excluding hydrogens is 256 g/mol. The van der Waals surface area contributed by atoms with E-state index >= 15 is 0 Å². The number of carbonyl (C=O) groups is 1. The van der Waals surface area contributed by atoms with Crippen LogP contribution in [-0.4, -0.2) is 6.29 Å². The van der Waals surface area contributed by atoms with E-state index in [0.29, 0.717) is 0 Å². The van der Waals surface area contributed by atoms with Gasteiger partial charge in [-0.2, -0.15) is 0 Å². The van der Waals surface area contributed by atoms with Gasteiger partial charge in [0.1, 0.15) is 6.29 Å². The average molecular weight is 297 g/mol. The minimum absolute atomic E-state index is 0.00817. The summed E-state index contributed by atoms with van der Waals surface area (Å²) < 4.78 is 0. The number of rotatable bonds is 16. The van der Waals surface area contributed by atoms with E-state index in [4.69, 9.17) is 0 Å². The molecule has 0 aliphatic carbocycles. The summed E-state index contributed by atoms with van der Waals surface area (Å²) in [5.41, 5.74) is 0.00817. The molecule has 0 saturated heterocycles. The van der Waals surface area contributed by atoms with Gasteiger partial charge in [0.15, 0.2) is 0 Å². The first kappa shape index (κ1) is 20.7. The maximum absolute atomic E-state index is 11.7. The number of hydrogen-bond acceptors (Lipinski definition) is 1. The van der Waals surface area contributed by atoms with Crippen molar-refractivity contribution in [3.8, 4) is 0 Å². The van der Waals surface area contributed by atoms with Crippen molar-refractivity contribution in [2.75, 3.05) is 0 Å². The Morgan fingerprint density at radius 1 is 0.571 bits per heavy atom. The number of unbranched alkanes of at least 4 members (excludes halogenated alkanes) is 9. The minimum Gasteiger partial charge on any atom is -0.303 e. The second-order valence-electron chi connectivity index (χ2n) is 6.91. The summed E-state index contributed by atoms with van der Waals surface area (Å²) in [5, 5.41) is 0. The van der Waals surface area contributed by atoms with Gasteiger partial charge in [-0.3, -0.25) is 0 Å². The van der Waals surface area contributed by atoms with E-state index < -0.39 is 0 Å². The number of carbonyl (C=O) groups excluding carboxylic acids is 1. The second kappa shape index (κ2) is 14.6. The third-order valence-corrected chi connectivity index (χ3v) is 4.83. The minimum atomic E-state index is 0.00817. The van der Waals surface area contributed by atoms with Crippen LogP contribution in [0.25, 0.3) is 0 Å². The van der Waals surface area contributed by atoms with Crippen LogP contribution in [0.15, 0.2) is 0 Å². The number of aldehydes is 1. The molecule has 0 bridgehead atoms. The molecule has 0 heterocycles. The van der Waals surface area contributed by atoms with Crippen LogP contribution >= 0.6 is 0 Å². The van der Waals surface area contributed by atoms with Crippen molar-refractivity contribution in [2.24, 2.45) is 5.41 Å². The highest BCUT2D eigenvalue weighted by molar-refractivity contribution is 5.59. The Bertz CT molecular complexity index is 214. The molecule has 0 saturated carbocycles. The van der Waals surface area contributed by atoms with Crippen molar-refractivity contribution in [3.63, 3.8) is 0 Å². The lowest BCUT2D eigenvalue weighted by Crippen LogP contribution is -2.23. The van der Waals surface area contributed by atoms with Crippen molar-refractivity contribution in [3.05, 3.63) is 0 Å². The van der Waals surface area contributed by atoms with E-state index in [-0.39, 0.29) is 5.41 Å². The predicted molar refractivity (Wildman–Crippen MR) is 94.8 cm³/mol. The molecule has 0 spiro atoms. The highest BCUT2D eigenvalue weighted by Crippen LogP contribution is 2.34. The van der Waals surface area contributed by atoms with Gasteiger partial charge >= 0.3 is 0 Å². The summed E-state index contributed by atoms with van der Waals surface area (Å²) in [6, 6.07) is 0. The van der Waals surface area contributed by atoms with Crippen LogP contribution in [0.5, 0.6) is 0 Å². The first-order valence-corrected chi connectivity index (χ1v) is 9.71. The molecule has 0 aromatic heterocycles. The lowest BCUT2D eigenvalue weighted by molar-refractivity contribution is -0.117. The smallest absolute Gasteiger partial charge is 0.126 e. The molecule has 1 heteroatoms. The van der Waals surface area contributed by atoms with Crippen molar-refractivity contribution in [2.45, 2.75) is 117 Å². The first-order valence-electron chi connectivity index (χ1n) is 9.71. The number of hydrogen-bond donors (Lipinski definition) is 0. The Hall–Kier alpha value is -0.330. The molecule has 0 atom stereocenters. The molecule has 0 N–H and O–H groups in total. The molecule has 0 rings (SSSR count). The van der Waals surface area contributed by atoms with Gasteiger partial charge in [0.25, 0.3) is 0 Å². The summed E-state index contributed by atoms with van der Waals surface area (Å²) in [7, 11) is 0. The van der Waals surface area contributed by atoms with Gasteiger partial charge in [-0.15, -0.1) is 0 Å². The summed E-state index contributed by atoms with van der Waals surface area (Å²) in [5.74, 6) is 0. The van der Waals surface area contributed by atoms with Crippen LogP contribution in [0.4, 0.5) is 0 Å². The predicted octanol–water partition coefficient (Wildman–Crippen LogP) is 7.08. The molecule has 0 amide bonds. The molecule has 21 heavy (non-hydrogen) atoms. The second-order valence-corrected chi connectivity index (χ2v) is 6.91. The van der Waals surface area contributed by atoms with Gasteiger partial charge in [0, 0.05) is 5.41 Å². The zero-order chi connectivity index (χ0) is 15.8. The Morgan fingerprint density at radius 2 is 0.952 bits per heavy atom. The summed E-state index contributed by atoms with van der Waals surface area (Å²) in [4.78, 5) is 11.7. The molecule has 0 aliphatic rings. The fourth-order valence-electron chi connectivity index (χ4n) is 3.22. The SMILES string of the molecule is CCCCCCCCCCC(C=O)(CCCC)CCCC. The zero-order valence-corrected chi connectivity index (χ0v) is 15.1. The van der Waals surface area contributed by atoms with E-state index in [0.717, 1.165) is 19.3 Å². The van der Waals surface area contributed by atoms with E-state index in [2.05, 4.69) is 20.8 Å². The Morgan fingerprint density at radius 3 is 1.38 bits per heavy atom.